The Hall–Kier alpha value is -1.17. The van der Waals surface area contributed by atoms with E-state index in [-0.39, 0.29) is 5.56 Å². The zero-order valence-electron chi connectivity index (χ0n) is 8.28. The van der Waals surface area contributed by atoms with Crippen LogP contribution in [0.15, 0.2) is 12.1 Å². The van der Waals surface area contributed by atoms with E-state index < -0.39 is 35.9 Å². The number of aryl methyl sites for hydroxylation is 1. The van der Waals surface area contributed by atoms with Gasteiger partial charge < -0.3 is 5.11 Å². The molecule has 0 saturated heterocycles. The Morgan fingerprint density at radius 2 is 1.75 bits per heavy atom. The van der Waals surface area contributed by atoms with Crippen molar-refractivity contribution in [3.05, 3.63) is 34.9 Å². The maximum atomic E-state index is 13.1. The van der Waals surface area contributed by atoms with Gasteiger partial charge in [0.15, 0.2) is 0 Å². The summed E-state index contributed by atoms with van der Waals surface area (Å²) in [5.41, 5.74) is -0.561. The van der Waals surface area contributed by atoms with Crippen LogP contribution in [0.2, 0.25) is 0 Å². The van der Waals surface area contributed by atoms with Crippen LogP contribution in [0.5, 0.6) is 0 Å². The molecule has 0 fully saturated rings. The molecule has 90 valence electrons. The highest BCUT2D eigenvalue weighted by molar-refractivity contribution is 5.27. The second kappa shape index (κ2) is 4.37. The molecule has 0 heterocycles. The number of halogens is 5. The van der Waals surface area contributed by atoms with Crippen molar-refractivity contribution in [2.45, 2.75) is 25.6 Å². The van der Waals surface area contributed by atoms with Crippen molar-refractivity contribution in [1.29, 1.82) is 0 Å². The number of hydrogen-bond acceptors (Lipinski definition) is 1. The van der Waals surface area contributed by atoms with E-state index in [4.69, 9.17) is 5.11 Å². The molecule has 0 aliphatic carbocycles. The molecule has 1 N–H and O–H groups in total. The van der Waals surface area contributed by atoms with Crippen LogP contribution in [0.4, 0.5) is 22.0 Å². The predicted molar refractivity (Wildman–Crippen MR) is 46.7 cm³/mol. The van der Waals surface area contributed by atoms with Gasteiger partial charge in [0, 0.05) is 11.6 Å². The number of aliphatic hydroxyl groups is 1. The second-order valence-corrected chi connectivity index (χ2v) is 3.46. The smallest absolute Gasteiger partial charge is 0.388 e. The molecule has 1 rings (SSSR count). The molecule has 0 radical (unpaired) electrons. The van der Waals surface area contributed by atoms with Gasteiger partial charge in [0.25, 0.3) is 0 Å². The first-order chi connectivity index (χ1) is 7.20. The lowest BCUT2D eigenvalue weighted by Gasteiger charge is -2.15. The van der Waals surface area contributed by atoms with Crippen molar-refractivity contribution in [3.63, 3.8) is 0 Å². The van der Waals surface area contributed by atoms with Crippen molar-refractivity contribution >= 4 is 0 Å². The van der Waals surface area contributed by atoms with E-state index in [1.54, 1.807) is 0 Å². The largest absolute Gasteiger partial charge is 0.391 e. The van der Waals surface area contributed by atoms with E-state index in [0.717, 1.165) is 6.07 Å². The maximum Gasteiger partial charge on any atom is 0.391 e. The molecule has 1 unspecified atom stereocenters. The molecular formula is C10H9F5O. The molecule has 1 aromatic carbocycles. The fourth-order valence-electron chi connectivity index (χ4n) is 1.26. The third kappa shape index (κ3) is 3.16. The molecule has 16 heavy (non-hydrogen) atoms. The zero-order chi connectivity index (χ0) is 12.5. The lowest BCUT2D eigenvalue weighted by Crippen LogP contribution is -2.14. The summed E-state index contributed by atoms with van der Waals surface area (Å²) in [4.78, 5) is 0. The molecule has 0 aliphatic heterocycles. The third-order valence-corrected chi connectivity index (χ3v) is 2.06. The Morgan fingerprint density at radius 1 is 1.19 bits per heavy atom. The van der Waals surface area contributed by atoms with Gasteiger partial charge in [-0.05, 0) is 18.6 Å². The molecule has 0 saturated carbocycles. The molecule has 1 nitrogen and oxygen atoms in total. The summed E-state index contributed by atoms with van der Waals surface area (Å²) in [5, 5.41) is 9.17. The Labute approximate surface area is 88.5 Å². The van der Waals surface area contributed by atoms with Crippen molar-refractivity contribution in [3.8, 4) is 0 Å². The quantitative estimate of drug-likeness (QED) is 0.786. The van der Waals surface area contributed by atoms with Crippen molar-refractivity contribution < 1.29 is 27.1 Å². The van der Waals surface area contributed by atoms with E-state index in [0.29, 0.717) is 6.07 Å². The molecule has 0 aromatic heterocycles. The number of alkyl halides is 3. The number of hydrogen-bond donors (Lipinski definition) is 1. The summed E-state index contributed by atoms with van der Waals surface area (Å²) >= 11 is 0. The number of aliphatic hydroxyl groups excluding tert-OH is 1. The van der Waals surface area contributed by atoms with Gasteiger partial charge in [-0.15, -0.1) is 0 Å². The van der Waals surface area contributed by atoms with E-state index >= 15 is 0 Å². The average molecular weight is 240 g/mol. The zero-order valence-corrected chi connectivity index (χ0v) is 8.28. The lowest BCUT2D eigenvalue weighted by molar-refractivity contribution is -0.154. The molecule has 1 aromatic rings. The van der Waals surface area contributed by atoms with Gasteiger partial charge in [-0.2, -0.15) is 13.2 Å². The molecule has 1 atom stereocenters. The SMILES string of the molecule is Cc1cc(C(O)CC(F)(F)F)c(F)cc1F. The predicted octanol–water partition coefficient (Wildman–Crippen LogP) is 3.26. The van der Waals surface area contributed by atoms with E-state index in [1.807, 2.05) is 0 Å². The first-order valence-electron chi connectivity index (χ1n) is 4.41. The van der Waals surface area contributed by atoms with Crippen LogP contribution in [0.1, 0.15) is 23.7 Å². The van der Waals surface area contributed by atoms with Crippen molar-refractivity contribution in [2.75, 3.05) is 0 Å². The van der Waals surface area contributed by atoms with Crippen LogP contribution < -0.4 is 0 Å². The average Bonchev–Trinajstić information content (AvgIpc) is 2.08. The first kappa shape index (κ1) is 12.9. The molecule has 0 spiro atoms. The van der Waals surface area contributed by atoms with Crippen LogP contribution >= 0.6 is 0 Å². The summed E-state index contributed by atoms with van der Waals surface area (Å²) in [5.74, 6) is -2.04. The van der Waals surface area contributed by atoms with Gasteiger partial charge >= 0.3 is 6.18 Å². The normalized spacial score (nSPS) is 13.9. The minimum atomic E-state index is -4.60. The third-order valence-electron chi connectivity index (χ3n) is 2.06. The van der Waals surface area contributed by atoms with Gasteiger partial charge in [0.1, 0.15) is 11.6 Å². The molecule has 0 bridgehead atoms. The Bertz CT molecular complexity index is 386. The van der Waals surface area contributed by atoms with E-state index in [2.05, 4.69) is 0 Å². The van der Waals surface area contributed by atoms with Crippen LogP contribution in [0, 0.1) is 18.6 Å². The summed E-state index contributed by atoms with van der Waals surface area (Å²) < 4.78 is 61.7. The Kier molecular flexibility index (Phi) is 3.52. The van der Waals surface area contributed by atoms with Gasteiger partial charge in [0.2, 0.25) is 0 Å². The highest BCUT2D eigenvalue weighted by Gasteiger charge is 2.33. The Morgan fingerprint density at radius 3 is 2.25 bits per heavy atom. The highest BCUT2D eigenvalue weighted by Crippen LogP contribution is 2.31. The maximum absolute atomic E-state index is 13.1. The highest BCUT2D eigenvalue weighted by atomic mass is 19.4. The second-order valence-electron chi connectivity index (χ2n) is 3.46. The first-order valence-corrected chi connectivity index (χ1v) is 4.41. The number of benzene rings is 1. The molecular weight excluding hydrogens is 231 g/mol. The fraction of sp³-hybridized carbons (Fsp3) is 0.400. The summed E-state index contributed by atoms with van der Waals surface area (Å²) in [6, 6.07) is 1.34. The van der Waals surface area contributed by atoms with Crippen LogP contribution in [-0.2, 0) is 0 Å². The Balaban J connectivity index is 3.00. The monoisotopic (exact) mass is 240 g/mol. The minimum absolute atomic E-state index is 0.0161. The van der Waals surface area contributed by atoms with Crippen molar-refractivity contribution in [2.24, 2.45) is 0 Å². The van der Waals surface area contributed by atoms with Gasteiger partial charge in [0.05, 0.1) is 12.5 Å². The summed E-state index contributed by atoms with van der Waals surface area (Å²) in [6.45, 7) is 1.28. The lowest BCUT2D eigenvalue weighted by atomic mass is 10.0. The molecule has 6 heteroatoms. The standard InChI is InChI=1S/C10H9F5O/c1-5-2-6(8(12)3-7(5)11)9(16)4-10(13,14)15/h2-3,9,16H,4H2,1H3. The van der Waals surface area contributed by atoms with Crippen LogP contribution in [0.3, 0.4) is 0 Å². The van der Waals surface area contributed by atoms with Crippen LogP contribution in [0.25, 0.3) is 0 Å². The summed E-state index contributed by atoms with van der Waals surface area (Å²) in [7, 11) is 0. The van der Waals surface area contributed by atoms with Gasteiger partial charge in [-0.3, -0.25) is 0 Å². The topological polar surface area (TPSA) is 20.2 Å². The number of rotatable bonds is 2. The van der Waals surface area contributed by atoms with E-state index in [9.17, 15) is 22.0 Å². The molecule has 0 amide bonds. The van der Waals surface area contributed by atoms with Crippen molar-refractivity contribution in [1.82, 2.24) is 0 Å². The van der Waals surface area contributed by atoms with Crippen LogP contribution in [-0.4, -0.2) is 11.3 Å². The fourth-order valence-corrected chi connectivity index (χ4v) is 1.26. The summed E-state index contributed by atoms with van der Waals surface area (Å²) in [6.07, 6.45) is -8.18. The molecule has 0 aliphatic rings. The van der Waals surface area contributed by atoms with Gasteiger partial charge in [-0.25, -0.2) is 8.78 Å². The van der Waals surface area contributed by atoms with Gasteiger partial charge in [-0.1, -0.05) is 0 Å². The van der Waals surface area contributed by atoms with E-state index in [1.165, 1.54) is 6.92 Å². The minimum Gasteiger partial charge on any atom is -0.388 e.